The molecule has 0 saturated carbocycles. The third kappa shape index (κ3) is 8.22. The molecule has 0 aromatic carbocycles. The van der Waals surface area contributed by atoms with Crippen LogP contribution in [0.4, 0.5) is 0 Å². The van der Waals surface area contributed by atoms with Gasteiger partial charge < -0.3 is 4.84 Å². The fourth-order valence-electron chi connectivity index (χ4n) is 0.656. The topological polar surface area (TPSA) is 21.6 Å². The Hall–Kier alpha value is -0.790. The summed E-state index contributed by atoms with van der Waals surface area (Å²) in [6, 6.07) is 0. The van der Waals surface area contributed by atoms with E-state index in [1.54, 1.807) is 0 Å². The van der Waals surface area contributed by atoms with Crippen LogP contribution in [0.2, 0.25) is 0 Å². The van der Waals surface area contributed by atoms with Crippen LogP contribution in [0.5, 0.6) is 0 Å². The van der Waals surface area contributed by atoms with Crippen molar-refractivity contribution in [3.05, 3.63) is 12.3 Å². The summed E-state index contributed by atoms with van der Waals surface area (Å²) in [7, 11) is 0. The van der Waals surface area contributed by atoms with E-state index in [0.29, 0.717) is 11.8 Å². The highest BCUT2D eigenvalue weighted by atomic mass is 16.6. The summed E-state index contributed by atoms with van der Waals surface area (Å²) in [5.41, 5.74) is 0.997. The molecule has 0 aliphatic carbocycles. The predicted molar refractivity (Wildman–Crippen MR) is 69.0 cm³/mol. The van der Waals surface area contributed by atoms with Gasteiger partial charge in [-0.05, 0) is 19.3 Å². The van der Waals surface area contributed by atoms with Crippen molar-refractivity contribution >= 4 is 5.71 Å². The molecule has 0 heterocycles. The second-order valence-electron chi connectivity index (χ2n) is 3.77. The van der Waals surface area contributed by atoms with E-state index in [9.17, 15) is 0 Å². The number of oxime groups is 1. The SMILES string of the molecule is C=C(O/N=C(\C)CC)C(C)C(C)C.CC. The Morgan fingerprint density at radius 1 is 1.27 bits per heavy atom. The Kier molecular flexibility index (Phi) is 10.8. The normalized spacial score (nSPS) is 12.9. The fourth-order valence-corrected chi connectivity index (χ4v) is 0.656. The van der Waals surface area contributed by atoms with Crippen LogP contribution in [-0.4, -0.2) is 5.71 Å². The molecular formula is C13H27NO. The van der Waals surface area contributed by atoms with Crippen molar-refractivity contribution in [2.45, 2.75) is 54.9 Å². The molecule has 0 aliphatic rings. The van der Waals surface area contributed by atoms with Crippen LogP contribution in [0.25, 0.3) is 0 Å². The molecular weight excluding hydrogens is 186 g/mol. The van der Waals surface area contributed by atoms with Gasteiger partial charge in [-0.25, -0.2) is 0 Å². The molecule has 90 valence electrons. The summed E-state index contributed by atoms with van der Waals surface area (Å²) in [5.74, 6) is 1.65. The van der Waals surface area contributed by atoms with Crippen molar-refractivity contribution in [3.8, 4) is 0 Å². The standard InChI is InChI=1S/C11H21NO.C2H6/c1-7-9(4)12-13-11(6)10(5)8(2)3;1-2/h8,10H,6-7H2,1-5H3;1-2H3/b12-9+;. The van der Waals surface area contributed by atoms with E-state index in [1.807, 2.05) is 20.8 Å². The summed E-state index contributed by atoms with van der Waals surface area (Å²) in [6.07, 6.45) is 0.920. The third-order valence-electron chi connectivity index (χ3n) is 2.34. The number of rotatable bonds is 5. The maximum Gasteiger partial charge on any atom is 0.130 e. The molecule has 0 N–H and O–H groups in total. The molecule has 2 nitrogen and oxygen atoms in total. The summed E-state index contributed by atoms with van der Waals surface area (Å²) >= 11 is 0. The van der Waals surface area contributed by atoms with E-state index in [4.69, 9.17) is 4.84 Å². The third-order valence-corrected chi connectivity index (χ3v) is 2.34. The van der Waals surface area contributed by atoms with Gasteiger partial charge in [-0.2, -0.15) is 0 Å². The van der Waals surface area contributed by atoms with Gasteiger partial charge in [-0.1, -0.05) is 53.3 Å². The molecule has 0 aliphatic heterocycles. The van der Waals surface area contributed by atoms with E-state index < -0.39 is 0 Å². The number of allylic oxidation sites excluding steroid dienone is 1. The molecule has 2 heteroatoms. The van der Waals surface area contributed by atoms with Crippen LogP contribution < -0.4 is 0 Å². The van der Waals surface area contributed by atoms with Crippen LogP contribution in [0.3, 0.4) is 0 Å². The smallest absolute Gasteiger partial charge is 0.130 e. The molecule has 0 amide bonds. The van der Waals surface area contributed by atoms with Gasteiger partial charge in [0.15, 0.2) is 0 Å². The minimum Gasteiger partial charge on any atom is -0.362 e. The van der Waals surface area contributed by atoms with Crippen molar-refractivity contribution < 1.29 is 4.84 Å². The molecule has 1 atom stereocenters. The lowest BCUT2D eigenvalue weighted by Crippen LogP contribution is -2.08. The average molecular weight is 213 g/mol. The van der Waals surface area contributed by atoms with Gasteiger partial charge >= 0.3 is 0 Å². The first-order valence-corrected chi connectivity index (χ1v) is 5.88. The fraction of sp³-hybridized carbons (Fsp3) is 0.769. The largest absolute Gasteiger partial charge is 0.362 e. The van der Waals surface area contributed by atoms with Crippen LogP contribution in [-0.2, 0) is 4.84 Å². The Balaban J connectivity index is 0. The monoisotopic (exact) mass is 213 g/mol. The van der Waals surface area contributed by atoms with E-state index in [1.165, 1.54) is 0 Å². The molecule has 0 spiro atoms. The van der Waals surface area contributed by atoms with Gasteiger partial charge in [-0.3, -0.25) is 0 Å². The Morgan fingerprint density at radius 3 is 2.07 bits per heavy atom. The molecule has 0 radical (unpaired) electrons. The first-order valence-electron chi connectivity index (χ1n) is 5.88. The second kappa shape index (κ2) is 9.75. The van der Waals surface area contributed by atoms with Crippen molar-refractivity contribution in [3.63, 3.8) is 0 Å². The van der Waals surface area contributed by atoms with Crippen molar-refractivity contribution in [1.82, 2.24) is 0 Å². The molecule has 0 aromatic heterocycles. The van der Waals surface area contributed by atoms with Gasteiger partial charge in [0.1, 0.15) is 5.76 Å². The van der Waals surface area contributed by atoms with Gasteiger partial charge in [0.25, 0.3) is 0 Å². The molecule has 0 rings (SSSR count). The Morgan fingerprint density at radius 2 is 1.73 bits per heavy atom. The summed E-state index contributed by atoms with van der Waals surface area (Å²) in [4.78, 5) is 5.21. The summed E-state index contributed by atoms with van der Waals surface area (Å²) in [6.45, 7) is 18.3. The quantitative estimate of drug-likeness (QED) is 0.371. The van der Waals surface area contributed by atoms with E-state index in [0.717, 1.165) is 17.9 Å². The van der Waals surface area contributed by atoms with Crippen LogP contribution in [0.15, 0.2) is 17.5 Å². The molecule has 15 heavy (non-hydrogen) atoms. The first-order chi connectivity index (χ1) is 6.99. The van der Waals surface area contributed by atoms with Crippen molar-refractivity contribution in [2.24, 2.45) is 17.0 Å². The van der Waals surface area contributed by atoms with Crippen molar-refractivity contribution in [1.29, 1.82) is 0 Å². The van der Waals surface area contributed by atoms with Crippen molar-refractivity contribution in [2.75, 3.05) is 0 Å². The first kappa shape index (κ1) is 16.6. The zero-order valence-electron chi connectivity index (χ0n) is 11.4. The second-order valence-corrected chi connectivity index (χ2v) is 3.77. The lowest BCUT2D eigenvalue weighted by atomic mass is 9.97. The minimum atomic E-state index is 0.355. The number of hydrogen-bond acceptors (Lipinski definition) is 2. The van der Waals surface area contributed by atoms with Crippen LogP contribution in [0, 0.1) is 11.8 Å². The van der Waals surface area contributed by atoms with Gasteiger partial charge in [0.2, 0.25) is 0 Å². The van der Waals surface area contributed by atoms with Gasteiger partial charge in [-0.15, -0.1) is 0 Å². The zero-order valence-corrected chi connectivity index (χ0v) is 11.4. The molecule has 0 bridgehead atoms. The highest BCUT2D eigenvalue weighted by molar-refractivity contribution is 5.80. The molecule has 0 aromatic rings. The molecule has 0 fully saturated rings. The van der Waals surface area contributed by atoms with Crippen LogP contribution >= 0.6 is 0 Å². The lowest BCUT2D eigenvalue weighted by Gasteiger charge is -2.15. The minimum absolute atomic E-state index is 0.355. The summed E-state index contributed by atoms with van der Waals surface area (Å²) < 4.78 is 0. The lowest BCUT2D eigenvalue weighted by molar-refractivity contribution is 0.177. The highest BCUT2D eigenvalue weighted by Gasteiger charge is 2.12. The predicted octanol–water partition coefficient (Wildman–Crippen LogP) is 4.62. The highest BCUT2D eigenvalue weighted by Crippen LogP contribution is 2.19. The van der Waals surface area contributed by atoms with Gasteiger partial charge in [0, 0.05) is 5.92 Å². The van der Waals surface area contributed by atoms with E-state index in [2.05, 4.69) is 39.4 Å². The van der Waals surface area contributed by atoms with Crippen LogP contribution in [0.1, 0.15) is 54.9 Å². The van der Waals surface area contributed by atoms with E-state index >= 15 is 0 Å². The average Bonchev–Trinajstić information content (AvgIpc) is 2.26. The van der Waals surface area contributed by atoms with E-state index in [-0.39, 0.29) is 0 Å². The van der Waals surface area contributed by atoms with Gasteiger partial charge in [0.05, 0.1) is 5.71 Å². The summed E-state index contributed by atoms with van der Waals surface area (Å²) in [5, 5.41) is 3.96. The Labute approximate surface area is 95.4 Å². The molecule has 0 saturated heterocycles. The number of hydrogen-bond donors (Lipinski definition) is 0. The Bertz CT molecular complexity index is 195. The maximum absolute atomic E-state index is 5.21. The molecule has 1 unspecified atom stereocenters. The maximum atomic E-state index is 5.21. The number of nitrogens with zero attached hydrogens (tertiary/aromatic N) is 1. The zero-order chi connectivity index (χ0) is 12.4.